The highest BCUT2D eigenvalue weighted by molar-refractivity contribution is 5.52. The number of halogens is 1. The van der Waals surface area contributed by atoms with Crippen LogP contribution in [0.2, 0.25) is 0 Å². The summed E-state index contributed by atoms with van der Waals surface area (Å²) in [5.74, 6) is -0.172. The van der Waals surface area contributed by atoms with Crippen molar-refractivity contribution < 1.29 is 9.31 Å². The van der Waals surface area contributed by atoms with E-state index in [0.717, 1.165) is 19.0 Å². The van der Waals surface area contributed by atoms with E-state index in [4.69, 9.17) is 5.73 Å². The van der Waals surface area contributed by atoms with E-state index in [2.05, 4.69) is 6.92 Å². The normalized spacial score (nSPS) is 24.1. The third-order valence-electron chi connectivity index (χ3n) is 3.17. The number of non-ortho nitro benzene ring substituents is 1. The van der Waals surface area contributed by atoms with E-state index < -0.39 is 10.7 Å². The SMILES string of the molecule is CC1CC(N)CN(c2ccc([N+](=O)[O-])cc2F)C1. The van der Waals surface area contributed by atoms with Crippen LogP contribution in [-0.4, -0.2) is 24.1 Å². The lowest BCUT2D eigenvalue weighted by atomic mass is 9.96. The average molecular weight is 253 g/mol. The summed E-state index contributed by atoms with van der Waals surface area (Å²) < 4.78 is 13.9. The highest BCUT2D eigenvalue weighted by Crippen LogP contribution is 2.27. The molecule has 5 nitrogen and oxygen atoms in total. The van der Waals surface area contributed by atoms with E-state index in [9.17, 15) is 14.5 Å². The summed E-state index contributed by atoms with van der Waals surface area (Å²) in [6.07, 6.45) is 0.922. The molecule has 0 aliphatic carbocycles. The van der Waals surface area contributed by atoms with Gasteiger partial charge in [0.25, 0.3) is 5.69 Å². The monoisotopic (exact) mass is 253 g/mol. The van der Waals surface area contributed by atoms with Crippen LogP contribution in [0.25, 0.3) is 0 Å². The third-order valence-corrected chi connectivity index (χ3v) is 3.17. The Bertz CT molecular complexity index is 457. The number of nitrogens with zero attached hydrogens (tertiary/aromatic N) is 2. The van der Waals surface area contributed by atoms with E-state index >= 15 is 0 Å². The van der Waals surface area contributed by atoms with Crippen LogP contribution in [0.4, 0.5) is 15.8 Å². The summed E-state index contributed by atoms with van der Waals surface area (Å²) in [4.78, 5) is 11.8. The fourth-order valence-electron chi connectivity index (χ4n) is 2.46. The Morgan fingerprint density at radius 3 is 2.78 bits per heavy atom. The molecule has 2 unspecified atom stereocenters. The molecule has 2 N–H and O–H groups in total. The number of benzene rings is 1. The van der Waals surface area contributed by atoms with Gasteiger partial charge >= 0.3 is 0 Å². The molecule has 1 fully saturated rings. The second-order valence-corrected chi connectivity index (χ2v) is 4.90. The van der Waals surface area contributed by atoms with Gasteiger partial charge in [-0.15, -0.1) is 0 Å². The number of nitro benzene ring substituents is 1. The number of nitro groups is 1. The molecule has 0 radical (unpaired) electrons. The van der Waals surface area contributed by atoms with Crippen molar-refractivity contribution >= 4 is 11.4 Å². The van der Waals surface area contributed by atoms with Gasteiger partial charge in [-0.2, -0.15) is 0 Å². The minimum absolute atomic E-state index is 0.0170. The summed E-state index contributed by atoms with van der Waals surface area (Å²) in [6.45, 7) is 3.37. The molecule has 0 aromatic heterocycles. The first-order valence-corrected chi connectivity index (χ1v) is 5.92. The Morgan fingerprint density at radius 2 is 2.22 bits per heavy atom. The number of anilines is 1. The van der Waals surface area contributed by atoms with Crippen LogP contribution in [0.5, 0.6) is 0 Å². The van der Waals surface area contributed by atoms with E-state index in [0.29, 0.717) is 18.2 Å². The highest BCUT2D eigenvalue weighted by Gasteiger charge is 2.24. The van der Waals surface area contributed by atoms with Crippen molar-refractivity contribution in [2.45, 2.75) is 19.4 Å². The molecule has 0 bridgehead atoms. The molecule has 0 saturated carbocycles. The maximum absolute atomic E-state index is 13.9. The molecule has 1 aliphatic rings. The predicted octanol–water partition coefficient (Wildman–Crippen LogP) is 1.91. The second kappa shape index (κ2) is 4.89. The molecule has 1 aliphatic heterocycles. The fourth-order valence-corrected chi connectivity index (χ4v) is 2.46. The van der Waals surface area contributed by atoms with Crippen LogP contribution < -0.4 is 10.6 Å². The van der Waals surface area contributed by atoms with Gasteiger partial charge in [0, 0.05) is 25.2 Å². The van der Waals surface area contributed by atoms with Gasteiger partial charge in [-0.05, 0) is 18.4 Å². The molecule has 1 saturated heterocycles. The van der Waals surface area contributed by atoms with Gasteiger partial charge in [0.2, 0.25) is 0 Å². The Morgan fingerprint density at radius 1 is 1.50 bits per heavy atom. The quantitative estimate of drug-likeness (QED) is 0.645. The van der Waals surface area contributed by atoms with E-state index in [1.54, 1.807) is 0 Å². The highest BCUT2D eigenvalue weighted by atomic mass is 19.1. The van der Waals surface area contributed by atoms with Crippen molar-refractivity contribution in [3.8, 4) is 0 Å². The second-order valence-electron chi connectivity index (χ2n) is 4.90. The maximum atomic E-state index is 13.9. The topological polar surface area (TPSA) is 72.4 Å². The largest absolute Gasteiger partial charge is 0.367 e. The van der Waals surface area contributed by atoms with Gasteiger partial charge in [0.05, 0.1) is 16.7 Å². The van der Waals surface area contributed by atoms with E-state index in [1.807, 2.05) is 4.90 Å². The van der Waals surface area contributed by atoms with E-state index in [1.165, 1.54) is 12.1 Å². The Balaban J connectivity index is 2.25. The molecule has 1 aromatic carbocycles. The molecule has 2 rings (SSSR count). The molecular weight excluding hydrogens is 237 g/mol. The zero-order chi connectivity index (χ0) is 13.3. The van der Waals surface area contributed by atoms with Crippen LogP contribution >= 0.6 is 0 Å². The minimum atomic E-state index is -0.600. The standard InChI is InChI=1S/C12H16FN3O2/c1-8-4-9(14)7-15(6-8)12-3-2-10(16(17)18)5-11(12)13/h2-3,5,8-9H,4,6-7,14H2,1H3. The van der Waals surface area contributed by atoms with Crippen molar-refractivity contribution in [1.29, 1.82) is 0 Å². The molecule has 98 valence electrons. The smallest absolute Gasteiger partial charge is 0.272 e. The number of rotatable bonds is 2. The zero-order valence-corrected chi connectivity index (χ0v) is 10.2. The van der Waals surface area contributed by atoms with Crippen molar-refractivity contribution in [1.82, 2.24) is 0 Å². The maximum Gasteiger partial charge on any atom is 0.272 e. The number of piperidine rings is 1. The van der Waals surface area contributed by atoms with Gasteiger partial charge < -0.3 is 10.6 Å². The lowest BCUT2D eigenvalue weighted by Gasteiger charge is -2.36. The Kier molecular flexibility index (Phi) is 3.47. The number of nitrogens with two attached hydrogens (primary N) is 1. The predicted molar refractivity (Wildman–Crippen MR) is 67.0 cm³/mol. The Labute approximate surface area is 105 Å². The summed E-state index contributed by atoms with van der Waals surface area (Å²) in [6, 6.07) is 3.75. The van der Waals surface area contributed by atoms with Crippen molar-refractivity contribution in [2.75, 3.05) is 18.0 Å². The van der Waals surface area contributed by atoms with Crippen molar-refractivity contribution in [2.24, 2.45) is 11.7 Å². The van der Waals surface area contributed by atoms with Crippen LogP contribution in [0.1, 0.15) is 13.3 Å². The minimum Gasteiger partial charge on any atom is -0.367 e. The van der Waals surface area contributed by atoms with Crippen LogP contribution in [0.3, 0.4) is 0 Å². The van der Waals surface area contributed by atoms with Gasteiger partial charge in [0.15, 0.2) is 5.82 Å². The number of hydrogen-bond donors (Lipinski definition) is 1. The number of hydrogen-bond acceptors (Lipinski definition) is 4. The first kappa shape index (κ1) is 12.8. The molecule has 6 heteroatoms. The summed E-state index contributed by atoms with van der Waals surface area (Å²) in [5.41, 5.74) is 6.07. The third kappa shape index (κ3) is 2.59. The molecule has 18 heavy (non-hydrogen) atoms. The molecule has 1 heterocycles. The lowest BCUT2D eigenvalue weighted by Crippen LogP contribution is -2.46. The first-order chi connectivity index (χ1) is 8.47. The van der Waals surface area contributed by atoms with Crippen LogP contribution in [0.15, 0.2) is 18.2 Å². The Hall–Kier alpha value is -1.69. The molecular formula is C12H16FN3O2. The van der Waals surface area contributed by atoms with Crippen molar-refractivity contribution in [3.05, 3.63) is 34.1 Å². The average Bonchev–Trinajstić information content (AvgIpc) is 2.27. The molecule has 0 spiro atoms. The summed E-state index contributed by atoms with van der Waals surface area (Å²) in [7, 11) is 0. The van der Waals surface area contributed by atoms with Gasteiger partial charge in [-0.25, -0.2) is 4.39 Å². The van der Waals surface area contributed by atoms with Gasteiger partial charge in [-0.1, -0.05) is 6.92 Å². The zero-order valence-electron chi connectivity index (χ0n) is 10.2. The summed E-state index contributed by atoms with van der Waals surface area (Å²) in [5, 5.41) is 10.6. The lowest BCUT2D eigenvalue weighted by molar-refractivity contribution is -0.385. The van der Waals surface area contributed by atoms with E-state index in [-0.39, 0.29) is 11.7 Å². The molecule has 1 aromatic rings. The van der Waals surface area contributed by atoms with Crippen LogP contribution in [-0.2, 0) is 0 Å². The van der Waals surface area contributed by atoms with Crippen LogP contribution in [0, 0.1) is 21.8 Å². The van der Waals surface area contributed by atoms with Gasteiger partial charge in [-0.3, -0.25) is 10.1 Å². The molecule has 2 atom stereocenters. The van der Waals surface area contributed by atoms with Crippen molar-refractivity contribution in [3.63, 3.8) is 0 Å². The van der Waals surface area contributed by atoms with Gasteiger partial charge in [0.1, 0.15) is 0 Å². The fraction of sp³-hybridized carbons (Fsp3) is 0.500. The summed E-state index contributed by atoms with van der Waals surface area (Å²) >= 11 is 0. The first-order valence-electron chi connectivity index (χ1n) is 5.92. The molecule has 0 amide bonds.